The van der Waals surface area contributed by atoms with Gasteiger partial charge in [-0.1, -0.05) is 148 Å². The third kappa shape index (κ3) is 20.7. The number of alkyl halides is 6. The van der Waals surface area contributed by atoms with Crippen LogP contribution in [0.2, 0.25) is 0 Å². The molecule has 0 saturated heterocycles. The van der Waals surface area contributed by atoms with E-state index in [9.17, 15) is 39.5 Å². The molecule has 9 heteroatoms. The Bertz CT molecular complexity index is 1890. The molecule has 0 aliphatic rings. The topological polar surface area (TPSA) is 0 Å². The first-order valence-electron chi connectivity index (χ1n) is 20.2. The Morgan fingerprint density at radius 3 is 0.984 bits per heavy atom. The molecule has 0 nitrogen and oxygen atoms in total. The van der Waals surface area contributed by atoms with Crippen LogP contribution in [0.4, 0.5) is 39.5 Å². The van der Waals surface area contributed by atoms with E-state index in [2.05, 4.69) is 104 Å². The standard InChI is InChI=1S/C11H10F6.C10H12F2.C10H13F.2C10H14.CH4/c1-6(2)7-3-8(10(12,13)14)5-9(4-7)11(15,16)17;1-6(2)8-4-7(3)10(12)9(11)5-8;1-7(2)9-4-8(3)5-10(11)6-9;2*1-8(2)10-6-4-9(3)5-7-10;/h3-6H,1-2H3;4-6H,1-3H3;4-7H,1-3H3;2*4-8H,1-3H3;1H4. The van der Waals surface area contributed by atoms with E-state index in [1.165, 1.54) is 42.2 Å². The number of hydrogen-bond acceptors (Lipinski definition) is 0. The first-order valence-corrected chi connectivity index (χ1v) is 20.2. The van der Waals surface area contributed by atoms with Crippen molar-refractivity contribution in [3.63, 3.8) is 0 Å². The second kappa shape index (κ2) is 25.4. The lowest BCUT2D eigenvalue weighted by Crippen LogP contribution is -2.12. The molecule has 0 bridgehead atoms. The van der Waals surface area contributed by atoms with Crippen molar-refractivity contribution < 1.29 is 39.5 Å². The van der Waals surface area contributed by atoms with E-state index in [0.717, 1.165) is 28.8 Å². The summed E-state index contributed by atoms with van der Waals surface area (Å²) in [7, 11) is 0. The van der Waals surface area contributed by atoms with Crippen molar-refractivity contribution in [3.05, 3.63) is 176 Å². The number of benzene rings is 5. The van der Waals surface area contributed by atoms with E-state index < -0.39 is 41.0 Å². The van der Waals surface area contributed by atoms with Crippen LogP contribution in [0.1, 0.15) is 167 Å². The Morgan fingerprint density at radius 2 is 0.689 bits per heavy atom. The van der Waals surface area contributed by atoms with Crippen LogP contribution in [-0.4, -0.2) is 0 Å². The molecule has 0 N–H and O–H groups in total. The van der Waals surface area contributed by atoms with E-state index in [0.29, 0.717) is 23.3 Å². The maximum atomic E-state index is 12.8. The minimum atomic E-state index is -4.77. The molecule has 0 amide bonds. The summed E-state index contributed by atoms with van der Waals surface area (Å²) in [4.78, 5) is 0. The van der Waals surface area contributed by atoms with E-state index in [4.69, 9.17) is 0 Å². The zero-order valence-electron chi connectivity index (χ0n) is 37.5. The van der Waals surface area contributed by atoms with Crippen molar-refractivity contribution in [1.29, 1.82) is 0 Å². The van der Waals surface area contributed by atoms with Crippen molar-refractivity contribution in [2.45, 2.75) is 146 Å². The van der Waals surface area contributed by atoms with Crippen molar-refractivity contribution in [2.24, 2.45) is 0 Å². The van der Waals surface area contributed by atoms with Gasteiger partial charge in [0.2, 0.25) is 0 Å². The Kier molecular flexibility index (Phi) is 23.5. The highest BCUT2D eigenvalue weighted by atomic mass is 19.4. The molecule has 0 spiro atoms. The van der Waals surface area contributed by atoms with Crippen LogP contribution >= 0.6 is 0 Å². The summed E-state index contributed by atoms with van der Waals surface area (Å²) in [5, 5.41) is 0. The molecule has 0 radical (unpaired) electrons. The summed E-state index contributed by atoms with van der Waals surface area (Å²) >= 11 is 0. The number of hydrogen-bond donors (Lipinski definition) is 0. The van der Waals surface area contributed by atoms with Crippen molar-refractivity contribution in [1.82, 2.24) is 0 Å². The summed E-state index contributed by atoms with van der Waals surface area (Å²) < 4.78 is 113. The minimum Gasteiger partial charge on any atom is -0.207 e. The fraction of sp³-hybridized carbons (Fsp3) is 0.423. The third-order valence-electron chi connectivity index (χ3n) is 9.39. The van der Waals surface area contributed by atoms with Crippen molar-refractivity contribution in [3.8, 4) is 0 Å². The average molecular weight is 863 g/mol. The van der Waals surface area contributed by atoms with Crippen LogP contribution in [0.15, 0.2) is 97.1 Å². The molecule has 5 aromatic rings. The zero-order chi connectivity index (χ0) is 46.3. The van der Waals surface area contributed by atoms with Gasteiger partial charge >= 0.3 is 12.4 Å². The lowest BCUT2D eigenvalue weighted by Gasteiger charge is -2.15. The summed E-state index contributed by atoms with van der Waals surface area (Å²) in [6.07, 6.45) is -9.55. The van der Waals surface area contributed by atoms with Gasteiger partial charge in [-0.25, -0.2) is 13.2 Å². The average Bonchev–Trinajstić information content (AvgIpc) is 3.13. The summed E-state index contributed by atoms with van der Waals surface area (Å²) in [5.41, 5.74) is 6.28. The molecular weight excluding hydrogens is 796 g/mol. The van der Waals surface area contributed by atoms with Gasteiger partial charge < -0.3 is 0 Å². The molecular formula is C52H67F9. The Labute approximate surface area is 360 Å². The Morgan fingerprint density at radius 1 is 0.361 bits per heavy atom. The normalized spacial score (nSPS) is 11.1. The van der Waals surface area contributed by atoms with E-state index in [1.807, 2.05) is 26.8 Å². The first-order chi connectivity index (χ1) is 27.5. The molecule has 0 unspecified atom stereocenters. The molecule has 0 fully saturated rings. The van der Waals surface area contributed by atoms with Gasteiger partial charge in [0.05, 0.1) is 11.1 Å². The lowest BCUT2D eigenvalue weighted by atomic mass is 9.97. The second-order valence-electron chi connectivity index (χ2n) is 16.6. The largest absolute Gasteiger partial charge is 0.416 e. The fourth-order valence-corrected chi connectivity index (χ4v) is 5.40. The van der Waals surface area contributed by atoms with Gasteiger partial charge in [-0.2, -0.15) is 26.3 Å². The number of rotatable bonds is 5. The predicted molar refractivity (Wildman–Crippen MR) is 238 cm³/mol. The van der Waals surface area contributed by atoms with Gasteiger partial charge in [0, 0.05) is 0 Å². The van der Waals surface area contributed by atoms with Crippen LogP contribution in [-0.2, 0) is 12.4 Å². The SMILES string of the molecule is C.CC(C)c1cc(C(F)(F)F)cc(C(F)(F)F)c1.Cc1cc(C(C)C)cc(F)c1F.Cc1cc(F)cc(C(C)C)c1.Cc1ccc(C(C)C)cc1.Cc1ccc(C(C)C)cc1. The third-order valence-corrected chi connectivity index (χ3v) is 9.39. The quantitative estimate of drug-likeness (QED) is 0.154. The highest BCUT2D eigenvalue weighted by Gasteiger charge is 2.37. The molecule has 0 atom stereocenters. The predicted octanol–water partition coefficient (Wildman–Crippen LogP) is 18.4. The smallest absolute Gasteiger partial charge is 0.207 e. The Balaban J connectivity index is 0.000000746. The molecule has 0 aliphatic carbocycles. The van der Waals surface area contributed by atoms with E-state index >= 15 is 0 Å². The van der Waals surface area contributed by atoms with Gasteiger partial charge in [0.15, 0.2) is 11.6 Å². The van der Waals surface area contributed by atoms with E-state index in [-0.39, 0.29) is 30.8 Å². The summed E-state index contributed by atoms with van der Waals surface area (Å²) in [6.45, 7) is 27.7. The molecule has 338 valence electrons. The molecule has 0 aromatic heterocycles. The molecule has 0 aliphatic heterocycles. The van der Waals surface area contributed by atoms with Crippen LogP contribution < -0.4 is 0 Å². The molecule has 0 heterocycles. The van der Waals surface area contributed by atoms with Crippen LogP contribution in [0.5, 0.6) is 0 Å². The summed E-state index contributed by atoms with van der Waals surface area (Å²) in [6, 6.07) is 27.2. The monoisotopic (exact) mass is 863 g/mol. The van der Waals surface area contributed by atoms with Crippen LogP contribution in [0.3, 0.4) is 0 Å². The molecule has 61 heavy (non-hydrogen) atoms. The van der Waals surface area contributed by atoms with Gasteiger partial charge in [0.25, 0.3) is 0 Å². The fourth-order valence-electron chi connectivity index (χ4n) is 5.40. The molecule has 0 saturated carbocycles. The van der Waals surface area contributed by atoms with Crippen LogP contribution in [0, 0.1) is 45.1 Å². The first kappa shape index (κ1) is 56.5. The van der Waals surface area contributed by atoms with Gasteiger partial charge in [-0.15, -0.1) is 0 Å². The van der Waals surface area contributed by atoms with Gasteiger partial charge in [-0.05, 0) is 133 Å². The lowest BCUT2D eigenvalue weighted by molar-refractivity contribution is -0.143. The number of aryl methyl sites for hydroxylation is 4. The van der Waals surface area contributed by atoms with Crippen LogP contribution in [0.25, 0.3) is 0 Å². The zero-order valence-corrected chi connectivity index (χ0v) is 37.5. The highest BCUT2D eigenvalue weighted by molar-refractivity contribution is 5.35. The Hall–Kier alpha value is -4.53. The maximum absolute atomic E-state index is 12.8. The second-order valence-corrected chi connectivity index (χ2v) is 16.6. The number of halogens is 9. The molecule has 5 rings (SSSR count). The van der Waals surface area contributed by atoms with Gasteiger partial charge in [0.1, 0.15) is 5.82 Å². The van der Waals surface area contributed by atoms with Crippen molar-refractivity contribution >= 4 is 0 Å². The highest BCUT2D eigenvalue weighted by Crippen LogP contribution is 2.37. The van der Waals surface area contributed by atoms with E-state index in [1.54, 1.807) is 25.1 Å². The summed E-state index contributed by atoms with van der Waals surface area (Å²) in [5.74, 6) is -0.0744. The van der Waals surface area contributed by atoms with Crippen molar-refractivity contribution in [2.75, 3.05) is 0 Å². The minimum absolute atomic E-state index is 0. The van der Waals surface area contributed by atoms with Gasteiger partial charge in [-0.3, -0.25) is 0 Å². The molecule has 5 aromatic carbocycles. The maximum Gasteiger partial charge on any atom is 0.416 e.